The molecular weight excluding hydrogens is 194 g/mol. The highest BCUT2D eigenvalue weighted by molar-refractivity contribution is 7.99. The van der Waals surface area contributed by atoms with Gasteiger partial charge in [0.1, 0.15) is 11.1 Å². The first kappa shape index (κ1) is 10.9. The van der Waals surface area contributed by atoms with Gasteiger partial charge in [-0.1, -0.05) is 13.8 Å². The van der Waals surface area contributed by atoms with Crippen LogP contribution in [0.4, 0.5) is 5.69 Å². The fourth-order valence-electron chi connectivity index (χ4n) is 0.897. The molecule has 0 aliphatic carbocycles. The van der Waals surface area contributed by atoms with Gasteiger partial charge in [-0.2, -0.15) is 5.26 Å². The first-order valence-corrected chi connectivity index (χ1v) is 5.40. The second-order valence-corrected chi connectivity index (χ2v) is 4.44. The van der Waals surface area contributed by atoms with Gasteiger partial charge in [0.05, 0.1) is 11.3 Å². The van der Waals surface area contributed by atoms with E-state index >= 15 is 0 Å². The third-order valence-corrected chi connectivity index (χ3v) is 3.01. The van der Waals surface area contributed by atoms with E-state index in [9.17, 15) is 0 Å². The second kappa shape index (κ2) is 4.87. The Bertz CT molecular complexity index is 355. The normalized spacial score (nSPS) is 10.1. The molecule has 0 atom stereocenters. The van der Waals surface area contributed by atoms with Crippen molar-refractivity contribution in [3.63, 3.8) is 0 Å². The van der Waals surface area contributed by atoms with E-state index < -0.39 is 0 Å². The molecule has 1 aromatic rings. The van der Waals surface area contributed by atoms with Gasteiger partial charge in [0.25, 0.3) is 0 Å². The quantitative estimate of drug-likeness (QED) is 0.772. The van der Waals surface area contributed by atoms with Crippen LogP contribution in [0.2, 0.25) is 0 Å². The molecule has 0 spiro atoms. The summed E-state index contributed by atoms with van der Waals surface area (Å²) in [6.45, 7) is 4.29. The van der Waals surface area contributed by atoms with E-state index in [0.29, 0.717) is 17.2 Å². The van der Waals surface area contributed by atoms with Gasteiger partial charge in [-0.15, -0.1) is 11.8 Å². The molecule has 1 rings (SSSR count). The third-order valence-electron chi connectivity index (χ3n) is 1.56. The molecule has 74 valence electrons. The summed E-state index contributed by atoms with van der Waals surface area (Å²) in [4.78, 5) is 4.14. The largest absolute Gasteiger partial charge is 0.397 e. The van der Waals surface area contributed by atoms with Crippen LogP contribution in [-0.4, -0.2) is 10.7 Å². The fourth-order valence-corrected chi connectivity index (χ4v) is 1.74. The lowest BCUT2D eigenvalue weighted by atomic mass is 10.3. The standard InChI is InChI=1S/C10H13N3S/c1-7(2)6-14-10-9(12)3-8(4-11)5-13-10/h3,5,7H,6,12H2,1-2H3. The Balaban J connectivity index is 2.75. The number of nitrogens with zero attached hydrogens (tertiary/aromatic N) is 2. The van der Waals surface area contributed by atoms with E-state index in [-0.39, 0.29) is 0 Å². The SMILES string of the molecule is CC(C)CSc1ncc(C#N)cc1N. The zero-order valence-corrected chi connectivity index (χ0v) is 9.14. The summed E-state index contributed by atoms with van der Waals surface area (Å²) in [7, 11) is 0. The van der Waals surface area contributed by atoms with Crippen molar-refractivity contribution in [2.45, 2.75) is 18.9 Å². The van der Waals surface area contributed by atoms with Crippen molar-refractivity contribution in [3.8, 4) is 6.07 Å². The number of hydrogen-bond donors (Lipinski definition) is 1. The van der Waals surface area contributed by atoms with Crippen LogP contribution in [0.15, 0.2) is 17.3 Å². The van der Waals surface area contributed by atoms with E-state index in [1.807, 2.05) is 6.07 Å². The number of anilines is 1. The van der Waals surface area contributed by atoms with E-state index in [0.717, 1.165) is 10.8 Å². The van der Waals surface area contributed by atoms with Gasteiger partial charge in [0.15, 0.2) is 0 Å². The molecule has 14 heavy (non-hydrogen) atoms. The Morgan fingerprint density at radius 3 is 2.86 bits per heavy atom. The average molecular weight is 207 g/mol. The lowest BCUT2D eigenvalue weighted by molar-refractivity contribution is 0.749. The van der Waals surface area contributed by atoms with Gasteiger partial charge >= 0.3 is 0 Å². The minimum atomic E-state index is 0.511. The highest BCUT2D eigenvalue weighted by Crippen LogP contribution is 2.24. The van der Waals surface area contributed by atoms with Crippen LogP contribution in [0, 0.1) is 17.2 Å². The van der Waals surface area contributed by atoms with Crippen molar-refractivity contribution in [3.05, 3.63) is 17.8 Å². The first-order valence-electron chi connectivity index (χ1n) is 4.42. The highest BCUT2D eigenvalue weighted by Gasteiger charge is 2.04. The molecule has 3 nitrogen and oxygen atoms in total. The summed E-state index contributed by atoms with van der Waals surface area (Å²) in [6.07, 6.45) is 1.55. The maximum Gasteiger partial charge on any atom is 0.119 e. The Kier molecular flexibility index (Phi) is 3.78. The second-order valence-electron chi connectivity index (χ2n) is 3.44. The maximum atomic E-state index is 8.62. The molecule has 2 N–H and O–H groups in total. The molecule has 0 radical (unpaired) electrons. The first-order chi connectivity index (χ1) is 6.63. The predicted octanol–water partition coefficient (Wildman–Crippen LogP) is 2.28. The zero-order chi connectivity index (χ0) is 10.6. The van der Waals surface area contributed by atoms with Crippen molar-refractivity contribution in [2.75, 3.05) is 11.5 Å². The molecule has 0 amide bonds. The van der Waals surface area contributed by atoms with Crippen molar-refractivity contribution in [1.82, 2.24) is 4.98 Å². The summed E-state index contributed by atoms with van der Waals surface area (Å²) < 4.78 is 0. The van der Waals surface area contributed by atoms with Gasteiger partial charge in [0.2, 0.25) is 0 Å². The molecule has 1 heterocycles. The molecule has 1 aromatic heterocycles. The fraction of sp³-hybridized carbons (Fsp3) is 0.400. The molecule has 0 bridgehead atoms. The molecule has 0 aliphatic heterocycles. The topological polar surface area (TPSA) is 62.7 Å². The van der Waals surface area contributed by atoms with Gasteiger partial charge < -0.3 is 5.73 Å². The van der Waals surface area contributed by atoms with Crippen LogP contribution in [0.3, 0.4) is 0 Å². The van der Waals surface area contributed by atoms with E-state index in [2.05, 4.69) is 18.8 Å². The van der Waals surface area contributed by atoms with Crippen molar-refractivity contribution >= 4 is 17.4 Å². The summed E-state index contributed by atoms with van der Waals surface area (Å²) in [5.41, 5.74) is 6.85. The molecule has 0 aromatic carbocycles. The van der Waals surface area contributed by atoms with E-state index in [1.54, 1.807) is 24.0 Å². The summed E-state index contributed by atoms with van der Waals surface area (Å²) >= 11 is 1.63. The summed E-state index contributed by atoms with van der Waals surface area (Å²) in [5, 5.41) is 9.44. The number of aromatic nitrogens is 1. The van der Waals surface area contributed by atoms with Gasteiger partial charge in [0, 0.05) is 11.9 Å². The minimum absolute atomic E-state index is 0.511. The summed E-state index contributed by atoms with van der Waals surface area (Å²) in [5.74, 6) is 1.60. The van der Waals surface area contributed by atoms with Gasteiger partial charge in [-0.25, -0.2) is 4.98 Å². The van der Waals surface area contributed by atoms with Crippen LogP contribution < -0.4 is 5.73 Å². The van der Waals surface area contributed by atoms with Gasteiger partial charge in [-0.05, 0) is 12.0 Å². The molecule has 0 saturated heterocycles. The Morgan fingerprint density at radius 1 is 1.64 bits per heavy atom. The Hall–Kier alpha value is -1.21. The molecule has 0 saturated carbocycles. The van der Waals surface area contributed by atoms with Crippen LogP contribution in [0.25, 0.3) is 0 Å². The molecule has 4 heteroatoms. The van der Waals surface area contributed by atoms with E-state index in [4.69, 9.17) is 11.0 Å². The van der Waals surface area contributed by atoms with Gasteiger partial charge in [-0.3, -0.25) is 0 Å². The van der Waals surface area contributed by atoms with E-state index in [1.165, 1.54) is 0 Å². The van der Waals surface area contributed by atoms with Crippen molar-refractivity contribution in [1.29, 1.82) is 5.26 Å². The van der Waals surface area contributed by atoms with Crippen molar-refractivity contribution in [2.24, 2.45) is 5.92 Å². The monoisotopic (exact) mass is 207 g/mol. The van der Waals surface area contributed by atoms with Crippen LogP contribution >= 0.6 is 11.8 Å². The maximum absolute atomic E-state index is 8.62. The number of pyridine rings is 1. The summed E-state index contributed by atoms with van der Waals surface area (Å²) in [6, 6.07) is 3.67. The smallest absolute Gasteiger partial charge is 0.119 e. The van der Waals surface area contributed by atoms with Crippen molar-refractivity contribution < 1.29 is 0 Å². The highest BCUT2D eigenvalue weighted by atomic mass is 32.2. The number of hydrogen-bond acceptors (Lipinski definition) is 4. The van der Waals surface area contributed by atoms with Crippen LogP contribution in [-0.2, 0) is 0 Å². The number of nitriles is 1. The predicted molar refractivity (Wildman–Crippen MR) is 58.9 cm³/mol. The average Bonchev–Trinajstić information content (AvgIpc) is 2.15. The zero-order valence-electron chi connectivity index (χ0n) is 8.32. The number of rotatable bonds is 3. The Labute approximate surface area is 88.3 Å². The number of nitrogens with two attached hydrogens (primary N) is 1. The lowest BCUT2D eigenvalue weighted by Gasteiger charge is -2.06. The lowest BCUT2D eigenvalue weighted by Crippen LogP contribution is -1.96. The molecule has 0 fully saturated rings. The number of thioether (sulfide) groups is 1. The minimum Gasteiger partial charge on any atom is -0.397 e. The molecular formula is C10H13N3S. The Morgan fingerprint density at radius 2 is 2.36 bits per heavy atom. The van der Waals surface area contributed by atoms with Crippen LogP contribution in [0.1, 0.15) is 19.4 Å². The third kappa shape index (κ3) is 2.93. The van der Waals surface area contributed by atoms with Crippen LogP contribution in [0.5, 0.6) is 0 Å². The molecule has 0 aliphatic rings. The number of nitrogen functional groups attached to an aromatic ring is 1. The molecule has 0 unspecified atom stereocenters.